The van der Waals surface area contributed by atoms with E-state index in [0.717, 1.165) is 12.1 Å². The molecule has 0 aliphatic rings. The highest BCUT2D eigenvalue weighted by Gasteiger charge is 2.03. The fraction of sp³-hybridized carbons (Fsp3) is 0.500. The quantitative estimate of drug-likeness (QED) is 0.595. The van der Waals surface area contributed by atoms with Crippen LogP contribution >= 0.6 is 0 Å². The Morgan fingerprint density at radius 3 is 2.36 bits per heavy atom. The van der Waals surface area contributed by atoms with Crippen molar-refractivity contribution in [2.24, 2.45) is 0 Å². The predicted octanol–water partition coefficient (Wildman–Crippen LogP) is 2.37. The smallest absolute Gasteiger partial charge is 0.0924 e. The van der Waals surface area contributed by atoms with E-state index in [2.05, 4.69) is 32.0 Å². The standard InChI is InChI=1S/C10H14N/c1-5-10-7(2)6-11-9(4)8(10)3/h5H2,1-4H3. The number of pyridine rings is 1. The minimum atomic E-state index is 1.08. The molecule has 1 nitrogen and oxygen atoms in total. The van der Waals surface area contributed by atoms with E-state index in [4.69, 9.17) is 0 Å². The van der Waals surface area contributed by atoms with Crippen LogP contribution in [0.3, 0.4) is 0 Å². The molecule has 1 heteroatoms. The molecule has 0 amide bonds. The summed E-state index contributed by atoms with van der Waals surface area (Å²) < 4.78 is 0. The summed E-state index contributed by atoms with van der Waals surface area (Å²) in [5.74, 6) is 0. The van der Waals surface area contributed by atoms with Crippen molar-refractivity contribution >= 4 is 0 Å². The van der Waals surface area contributed by atoms with Gasteiger partial charge in [0, 0.05) is 5.69 Å². The Balaban J connectivity index is 3.29. The van der Waals surface area contributed by atoms with Gasteiger partial charge in [0.05, 0.1) is 6.20 Å². The van der Waals surface area contributed by atoms with Crippen LogP contribution in [0, 0.1) is 27.0 Å². The van der Waals surface area contributed by atoms with Crippen molar-refractivity contribution in [1.29, 1.82) is 0 Å². The van der Waals surface area contributed by atoms with Crippen molar-refractivity contribution in [3.8, 4) is 0 Å². The van der Waals surface area contributed by atoms with E-state index in [1.54, 1.807) is 0 Å². The third-order valence-corrected chi connectivity index (χ3v) is 2.19. The molecule has 0 atom stereocenters. The first kappa shape index (κ1) is 8.25. The van der Waals surface area contributed by atoms with Gasteiger partial charge in [0.2, 0.25) is 0 Å². The number of aromatic nitrogens is 1. The third-order valence-electron chi connectivity index (χ3n) is 2.19. The van der Waals surface area contributed by atoms with Gasteiger partial charge in [-0.2, -0.15) is 0 Å². The average Bonchev–Trinajstić information content (AvgIpc) is 1.99. The molecule has 0 saturated heterocycles. The van der Waals surface area contributed by atoms with Crippen molar-refractivity contribution in [2.75, 3.05) is 0 Å². The maximum absolute atomic E-state index is 4.16. The predicted molar refractivity (Wildman–Crippen MR) is 46.7 cm³/mol. The number of hydrogen-bond acceptors (Lipinski definition) is 1. The Hall–Kier alpha value is -0.850. The van der Waals surface area contributed by atoms with Crippen molar-refractivity contribution in [3.05, 3.63) is 28.6 Å². The van der Waals surface area contributed by atoms with Crippen LogP contribution in [0.1, 0.15) is 29.3 Å². The summed E-state index contributed by atoms with van der Waals surface area (Å²) in [5, 5.41) is 0. The van der Waals surface area contributed by atoms with Gasteiger partial charge in [-0.25, -0.2) is 0 Å². The Kier molecular flexibility index (Phi) is 2.28. The molecule has 11 heavy (non-hydrogen) atoms. The van der Waals surface area contributed by atoms with Gasteiger partial charge in [-0.05, 0) is 43.9 Å². The van der Waals surface area contributed by atoms with Crippen LogP contribution < -0.4 is 0 Å². The van der Waals surface area contributed by atoms with E-state index in [-0.39, 0.29) is 0 Å². The second-order valence-electron chi connectivity index (χ2n) is 2.89. The van der Waals surface area contributed by atoms with Crippen LogP contribution in [-0.4, -0.2) is 4.98 Å². The fourth-order valence-corrected chi connectivity index (χ4v) is 1.35. The highest BCUT2D eigenvalue weighted by molar-refractivity contribution is 5.33. The number of aryl methyl sites for hydroxylation is 2. The fourth-order valence-electron chi connectivity index (χ4n) is 1.35. The zero-order valence-corrected chi connectivity index (χ0v) is 7.65. The highest BCUT2D eigenvalue weighted by atomic mass is 14.7. The molecule has 1 aromatic rings. The summed E-state index contributed by atoms with van der Waals surface area (Å²) in [7, 11) is 0. The van der Waals surface area contributed by atoms with E-state index in [0.29, 0.717) is 0 Å². The lowest BCUT2D eigenvalue weighted by atomic mass is 10.0. The molecule has 1 radical (unpaired) electrons. The largest absolute Gasteiger partial charge is 0.251 e. The van der Waals surface area contributed by atoms with Crippen LogP contribution in [-0.2, 0) is 6.42 Å². The zero-order chi connectivity index (χ0) is 8.43. The molecule has 0 aliphatic carbocycles. The van der Waals surface area contributed by atoms with Gasteiger partial charge in [-0.1, -0.05) is 6.92 Å². The average molecular weight is 148 g/mol. The summed E-state index contributed by atoms with van der Waals surface area (Å²) in [5.41, 5.74) is 5.02. The maximum Gasteiger partial charge on any atom is 0.0924 e. The van der Waals surface area contributed by atoms with E-state index >= 15 is 0 Å². The van der Waals surface area contributed by atoms with Crippen molar-refractivity contribution < 1.29 is 0 Å². The van der Waals surface area contributed by atoms with Crippen LogP contribution in [0.4, 0.5) is 0 Å². The molecule has 0 N–H and O–H groups in total. The monoisotopic (exact) mass is 148 g/mol. The number of hydrogen-bond donors (Lipinski definition) is 0. The molecule has 0 aromatic carbocycles. The van der Waals surface area contributed by atoms with E-state index in [1.807, 2.05) is 6.92 Å². The molecule has 0 bridgehead atoms. The molecule has 0 saturated carbocycles. The van der Waals surface area contributed by atoms with Gasteiger partial charge in [0.15, 0.2) is 0 Å². The summed E-state index contributed by atoms with van der Waals surface area (Å²) in [6.07, 6.45) is 4.09. The molecule has 0 spiro atoms. The highest BCUT2D eigenvalue weighted by Crippen LogP contribution is 2.14. The van der Waals surface area contributed by atoms with E-state index in [1.165, 1.54) is 16.7 Å². The Morgan fingerprint density at radius 1 is 1.27 bits per heavy atom. The maximum atomic E-state index is 4.16. The second kappa shape index (κ2) is 3.04. The van der Waals surface area contributed by atoms with E-state index < -0.39 is 0 Å². The van der Waals surface area contributed by atoms with Gasteiger partial charge >= 0.3 is 0 Å². The molecule has 0 unspecified atom stereocenters. The lowest BCUT2D eigenvalue weighted by Gasteiger charge is -2.07. The van der Waals surface area contributed by atoms with Crippen LogP contribution in [0.15, 0.2) is 0 Å². The minimum Gasteiger partial charge on any atom is -0.251 e. The van der Waals surface area contributed by atoms with Crippen LogP contribution in [0.25, 0.3) is 0 Å². The minimum absolute atomic E-state index is 1.08. The topological polar surface area (TPSA) is 12.9 Å². The van der Waals surface area contributed by atoms with Crippen LogP contribution in [0.5, 0.6) is 0 Å². The SMILES string of the molecule is CCc1c(C)[c]nc(C)c1C. The Bertz CT molecular complexity index is 264. The summed E-state index contributed by atoms with van der Waals surface area (Å²) in [6.45, 7) is 8.40. The summed E-state index contributed by atoms with van der Waals surface area (Å²) in [6, 6.07) is 0. The normalized spacial score (nSPS) is 10.2. The van der Waals surface area contributed by atoms with Crippen molar-refractivity contribution in [3.63, 3.8) is 0 Å². The number of rotatable bonds is 1. The Morgan fingerprint density at radius 2 is 1.91 bits per heavy atom. The molecule has 0 aliphatic heterocycles. The molecule has 1 heterocycles. The van der Waals surface area contributed by atoms with Crippen LogP contribution in [0.2, 0.25) is 0 Å². The van der Waals surface area contributed by atoms with Gasteiger partial charge in [-0.3, -0.25) is 4.98 Å². The van der Waals surface area contributed by atoms with Gasteiger partial charge in [0.25, 0.3) is 0 Å². The van der Waals surface area contributed by atoms with Gasteiger partial charge in [0.1, 0.15) is 0 Å². The molecular weight excluding hydrogens is 134 g/mol. The first-order valence-corrected chi connectivity index (χ1v) is 4.01. The van der Waals surface area contributed by atoms with Crippen molar-refractivity contribution in [1.82, 2.24) is 4.98 Å². The second-order valence-corrected chi connectivity index (χ2v) is 2.89. The molecule has 1 aromatic heterocycles. The lowest BCUT2D eigenvalue weighted by Crippen LogP contribution is -1.97. The van der Waals surface area contributed by atoms with Gasteiger partial charge in [-0.15, -0.1) is 0 Å². The van der Waals surface area contributed by atoms with E-state index in [9.17, 15) is 0 Å². The first-order valence-electron chi connectivity index (χ1n) is 4.01. The Labute approximate surface area is 68.5 Å². The number of nitrogens with zero attached hydrogens (tertiary/aromatic N) is 1. The molecule has 59 valence electrons. The molecular formula is C10H14N. The summed E-state index contributed by atoms with van der Waals surface area (Å²) in [4.78, 5) is 4.16. The van der Waals surface area contributed by atoms with Crippen molar-refractivity contribution in [2.45, 2.75) is 34.1 Å². The molecule has 1 rings (SSSR count). The first-order chi connectivity index (χ1) is 5.16. The third kappa shape index (κ3) is 1.42. The van der Waals surface area contributed by atoms with Gasteiger partial charge < -0.3 is 0 Å². The molecule has 0 fully saturated rings. The summed E-state index contributed by atoms with van der Waals surface area (Å²) >= 11 is 0. The lowest BCUT2D eigenvalue weighted by molar-refractivity contribution is 1.01. The zero-order valence-electron chi connectivity index (χ0n) is 7.65.